The van der Waals surface area contributed by atoms with Crippen molar-refractivity contribution in [3.05, 3.63) is 46.7 Å². The molecule has 28 heavy (non-hydrogen) atoms. The standard InChI is InChI=1S/C21H25N3O3S/c1-6-21(4,5)23-15(25)12-27-20(26)18-17(24-9-7-8-10-24)16-13(2)11-14(3)22-19(16)28-18/h7-11H,6,12H2,1-5H3,(H,23,25). The van der Waals surface area contributed by atoms with Crippen molar-refractivity contribution < 1.29 is 14.3 Å². The molecular formula is C21H25N3O3S. The fourth-order valence-corrected chi connectivity index (χ4v) is 4.18. The van der Waals surface area contributed by atoms with Gasteiger partial charge in [0.15, 0.2) is 6.61 Å². The molecule has 148 valence electrons. The molecule has 3 heterocycles. The monoisotopic (exact) mass is 399 g/mol. The number of fused-ring (bicyclic) bond motifs is 1. The summed E-state index contributed by atoms with van der Waals surface area (Å²) < 4.78 is 7.23. The van der Waals surface area contributed by atoms with Gasteiger partial charge in [0.1, 0.15) is 9.71 Å². The molecule has 0 saturated heterocycles. The van der Waals surface area contributed by atoms with E-state index in [1.807, 2.05) is 69.8 Å². The number of carbonyl (C=O) groups excluding carboxylic acids is 2. The summed E-state index contributed by atoms with van der Waals surface area (Å²) in [5.74, 6) is -0.831. The highest BCUT2D eigenvalue weighted by atomic mass is 32.1. The highest BCUT2D eigenvalue weighted by Crippen LogP contribution is 2.36. The molecule has 7 heteroatoms. The molecule has 0 unspecified atom stereocenters. The third kappa shape index (κ3) is 4.09. The second-order valence-corrected chi connectivity index (χ2v) is 8.49. The number of hydrogen-bond donors (Lipinski definition) is 1. The normalized spacial score (nSPS) is 11.6. The number of amides is 1. The third-order valence-electron chi connectivity index (χ3n) is 4.71. The van der Waals surface area contributed by atoms with Gasteiger partial charge in [0.25, 0.3) is 5.91 Å². The van der Waals surface area contributed by atoms with Crippen LogP contribution in [-0.2, 0) is 9.53 Å². The molecule has 0 aliphatic heterocycles. The first-order valence-corrected chi connectivity index (χ1v) is 10.1. The fourth-order valence-electron chi connectivity index (χ4n) is 2.99. The quantitative estimate of drug-likeness (QED) is 0.632. The molecule has 3 rings (SSSR count). The molecule has 3 aromatic rings. The van der Waals surface area contributed by atoms with Gasteiger partial charge >= 0.3 is 5.97 Å². The van der Waals surface area contributed by atoms with E-state index in [4.69, 9.17) is 4.74 Å². The van der Waals surface area contributed by atoms with E-state index in [1.165, 1.54) is 11.3 Å². The van der Waals surface area contributed by atoms with Crippen LogP contribution in [0.25, 0.3) is 15.9 Å². The Hall–Kier alpha value is -2.67. The molecule has 0 aliphatic carbocycles. The predicted molar refractivity (Wildman–Crippen MR) is 111 cm³/mol. The van der Waals surface area contributed by atoms with Gasteiger partial charge in [-0.1, -0.05) is 6.92 Å². The maximum Gasteiger partial charge on any atom is 0.351 e. The summed E-state index contributed by atoms with van der Waals surface area (Å²) in [5, 5.41) is 3.79. The van der Waals surface area contributed by atoms with Crippen molar-refractivity contribution in [2.75, 3.05) is 6.61 Å². The lowest BCUT2D eigenvalue weighted by molar-refractivity contribution is -0.125. The summed E-state index contributed by atoms with van der Waals surface area (Å²) >= 11 is 1.29. The molecule has 0 saturated carbocycles. The van der Waals surface area contributed by atoms with E-state index in [-0.39, 0.29) is 18.1 Å². The molecule has 0 atom stereocenters. The first-order valence-electron chi connectivity index (χ1n) is 9.24. The smallest absolute Gasteiger partial charge is 0.351 e. The summed E-state index contributed by atoms with van der Waals surface area (Å²) in [5.41, 5.74) is 2.35. The Morgan fingerprint density at radius 2 is 1.93 bits per heavy atom. The van der Waals surface area contributed by atoms with E-state index >= 15 is 0 Å². The molecular weight excluding hydrogens is 374 g/mol. The second kappa shape index (κ2) is 7.75. The minimum Gasteiger partial charge on any atom is -0.451 e. The van der Waals surface area contributed by atoms with Gasteiger partial charge < -0.3 is 14.6 Å². The third-order valence-corrected chi connectivity index (χ3v) is 5.76. The zero-order chi connectivity index (χ0) is 20.5. The van der Waals surface area contributed by atoms with Crippen LogP contribution in [0.5, 0.6) is 0 Å². The molecule has 1 N–H and O–H groups in total. The number of nitrogens with one attached hydrogen (secondary N) is 1. The van der Waals surface area contributed by atoms with Crippen LogP contribution in [0.1, 0.15) is 48.1 Å². The van der Waals surface area contributed by atoms with Gasteiger partial charge in [-0.2, -0.15) is 0 Å². The van der Waals surface area contributed by atoms with Gasteiger partial charge in [-0.15, -0.1) is 11.3 Å². The van der Waals surface area contributed by atoms with Gasteiger partial charge in [-0.05, 0) is 57.9 Å². The van der Waals surface area contributed by atoms with Crippen LogP contribution < -0.4 is 5.32 Å². The Balaban J connectivity index is 1.92. The Labute approximate surface area is 168 Å². The number of aryl methyl sites for hydroxylation is 2. The van der Waals surface area contributed by atoms with Gasteiger partial charge in [0.2, 0.25) is 0 Å². The Kier molecular flexibility index (Phi) is 5.56. The van der Waals surface area contributed by atoms with Crippen LogP contribution >= 0.6 is 11.3 Å². The van der Waals surface area contributed by atoms with E-state index in [0.29, 0.717) is 4.88 Å². The minimum absolute atomic E-state index is 0.311. The summed E-state index contributed by atoms with van der Waals surface area (Å²) in [7, 11) is 0. The zero-order valence-electron chi connectivity index (χ0n) is 16.8. The summed E-state index contributed by atoms with van der Waals surface area (Å²) in [6, 6.07) is 5.79. The molecule has 0 spiro atoms. The topological polar surface area (TPSA) is 73.2 Å². The Bertz CT molecular complexity index is 1020. The van der Waals surface area contributed by atoms with Gasteiger partial charge in [0, 0.05) is 29.0 Å². The molecule has 0 bridgehead atoms. The average molecular weight is 400 g/mol. The highest BCUT2D eigenvalue weighted by molar-refractivity contribution is 7.21. The van der Waals surface area contributed by atoms with Crippen LogP contribution in [0.3, 0.4) is 0 Å². The summed E-state index contributed by atoms with van der Waals surface area (Å²) in [6.45, 7) is 9.47. The van der Waals surface area contributed by atoms with Gasteiger partial charge in [-0.3, -0.25) is 4.79 Å². The molecule has 1 amide bonds. The number of aromatic nitrogens is 2. The van der Waals surface area contributed by atoms with Crippen LogP contribution in [-0.4, -0.2) is 33.6 Å². The molecule has 3 aromatic heterocycles. The number of rotatable bonds is 6. The number of pyridine rings is 1. The van der Waals surface area contributed by atoms with Crippen LogP contribution in [0.15, 0.2) is 30.6 Å². The van der Waals surface area contributed by atoms with E-state index < -0.39 is 5.97 Å². The molecule has 0 fully saturated rings. The lowest BCUT2D eigenvalue weighted by Gasteiger charge is -2.24. The van der Waals surface area contributed by atoms with E-state index in [2.05, 4.69) is 10.3 Å². The summed E-state index contributed by atoms with van der Waals surface area (Å²) in [4.78, 5) is 30.8. The van der Waals surface area contributed by atoms with Crippen LogP contribution in [0, 0.1) is 13.8 Å². The first kappa shape index (κ1) is 20.1. The van der Waals surface area contributed by atoms with Gasteiger partial charge in [-0.25, -0.2) is 9.78 Å². The average Bonchev–Trinajstić information content (AvgIpc) is 3.26. The van der Waals surface area contributed by atoms with Crippen molar-refractivity contribution in [1.29, 1.82) is 0 Å². The summed E-state index contributed by atoms with van der Waals surface area (Å²) in [6.07, 6.45) is 4.55. The fraction of sp³-hybridized carbons (Fsp3) is 0.381. The highest BCUT2D eigenvalue weighted by Gasteiger charge is 2.25. The van der Waals surface area contributed by atoms with Crippen molar-refractivity contribution in [3.63, 3.8) is 0 Å². The van der Waals surface area contributed by atoms with Crippen LogP contribution in [0.4, 0.5) is 0 Å². The van der Waals surface area contributed by atoms with E-state index in [9.17, 15) is 9.59 Å². The van der Waals surface area contributed by atoms with Crippen molar-refractivity contribution in [2.24, 2.45) is 0 Å². The Morgan fingerprint density at radius 3 is 2.57 bits per heavy atom. The van der Waals surface area contributed by atoms with Gasteiger partial charge in [0.05, 0.1) is 5.69 Å². The Morgan fingerprint density at radius 1 is 1.25 bits per heavy atom. The molecule has 0 aliphatic rings. The molecule has 6 nitrogen and oxygen atoms in total. The van der Waals surface area contributed by atoms with Crippen molar-refractivity contribution in [1.82, 2.24) is 14.9 Å². The SMILES string of the molecule is CCC(C)(C)NC(=O)COC(=O)c1sc2nc(C)cc(C)c2c1-n1cccc1. The second-order valence-electron chi connectivity index (χ2n) is 7.49. The van der Waals surface area contributed by atoms with Crippen molar-refractivity contribution >= 4 is 33.4 Å². The molecule has 0 radical (unpaired) electrons. The first-order chi connectivity index (χ1) is 13.2. The maximum atomic E-state index is 12.8. The largest absolute Gasteiger partial charge is 0.451 e. The number of esters is 1. The number of ether oxygens (including phenoxy) is 1. The van der Waals surface area contributed by atoms with E-state index in [0.717, 1.165) is 33.6 Å². The number of nitrogens with zero attached hydrogens (tertiary/aromatic N) is 2. The number of hydrogen-bond acceptors (Lipinski definition) is 5. The van der Waals surface area contributed by atoms with Crippen molar-refractivity contribution in [2.45, 2.75) is 46.6 Å². The van der Waals surface area contributed by atoms with Crippen LogP contribution in [0.2, 0.25) is 0 Å². The number of carbonyl (C=O) groups is 2. The minimum atomic E-state index is -0.520. The predicted octanol–water partition coefficient (Wildman–Crippen LogP) is 4.17. The molecule has 0 aromatic carbocycles. The zero-order valence-corrected chi connectivity index (χ0v) is 17.6. The number of thiophene rings is 1. The lowest BCUT2D eigenvalue weighted by atomic mass is 10.0. The van der Waals surface area contributed by atoms with E-state index in [1.54, 1.807) is 0 Å². The lowest BCUT2D eigenvalue weighted by Crippen LogP contribution is -2.44. The maximum absolute atomic E-state index is 12.8. The van der Waals surface area contributed by atoms with Crippen molar-refractivity contribution in [3.8, 4) is 5.69 Å².